The number of carbonyl (C=O) groups excluding carboxylic acids is 1. The summed E-state index contributed by atoms with van der Waals surface area (Å²) in [7, 11) is 1.42. The number of nitrogens with one attached hydrogen (secondary N) is 1. The molecule has 0 spiro atoms. The zero-order valence-electron chi connectivity index (χ0n) is 9.68. The van der Waals surface area contributed by atoms with Gasteiger partial charge >= 0.3 is 0 Å². The first kappa shape index (κ1) is 12.0. The van der Waals surface area contributed by atoms with Gasteiger partial charge < -0.3 is 9.88 Å². The molecule has 0 fully saturated rings. The van der Waals surface area contributed by atoms with E-state index in [1.165, 1.54) is 43.7 Å². The number of amides is 1. The number of halogens is 1. The molecule has 0 atom stereocenters. The Morgan fingerprint density at radius 3 is 2.67 bits per heavy atom. The molecule has 92 valence electrons. The molecule has 0 aliphatic heterocycles. The second-order valence-corrected chi connectivity index (χ2v) is 3.74. The Hall–Kier alpha value is -2.43. The monoisotopic (exact) mass is 246 g/mol. The first-order chi connectivity index (χ1) is 8.61. The molecule has 5 heteroatoms. The van der Waals surface area contributed by atoms with Gasteiger partial charge in [0, 0.05) is 25.5 Å². The molecule has 0 unspecified atom stereocenters. The molecule has 0 radical (unpaired) electrons. The summed E-state index contributed by atoms with van der Waals surface area (Å²) in [4.78, 5) is 27.4. The molecule has 0 saturated heterocycles. The van der Waals surface area contributed by atoms with Crippen molar-refractivity contribution in [3.8, 4) is 0 Å². The maximum atomic E-state index is 13.5. The Balaban J connectivity index is 2.39. The van der Waals surface area contributed by atoms with E-state index >= 15 is 0 Å². The summed E-state index contributed by atoms with van der Waals surface area (Å²) in [6, 6.07) is 7.14. The highest BCUT2D eigenvalue weighted by atomic mass is 19.1. The number of nitrogens with zero attached hydrogens (tertiary/aromatic N) is 1. The second-order valence-electron chi connectivity index (χ2n) is 3.74. The number of benzene rings is 1. The van der Waals surface area contributed by atoms with Crippen molar-refractivity contribution in [2.75, 3.05) is 11.9 Å². The third-order valence-electron chi connectivity index (χ3n) is 2.57. The fourth-order valence-corrected chi connectivity index (χ4v) is 1.60. The lowest BCUT2D eigenvalue weighted by Crippen LogP contribution is -2.31. The first-order valence-corrected chi connectivity index (χ1v) is 5.31. The summed E-state index contributed by atoms with van der Waals surface area (Å²) in [5, 5.41) is 0. The average Bonchev–Trinajstić information content (AvgIpc) is 2.38. The van der Waals surface area contributed by atoms with E-state index in [1.54, 1.807) is 6.07 Å². The molecule has 0 aliphatic rings. The van der Waals surface area contributed by atoms with Crippen LogP contribution in [-0.2, 0) is 0 Å². The number of anilines is 1. The van der Waals surface area contributed by atoms with Crippen LogP contribution in [-0.4, -0.2) is 17.9 Å². The highest BCUT2D eigenvalue weighted by Gasteiger charge is 2.18. The van der Waals surface area contributed by atoms with Crippen LogP contribution < -0.4 is 10.3 Å². The second kappa shape index (κ2) is 4.83. The average molecular weight is 246 g/mol. The van der Waals surface area contributed by atoms with Crippen LogP contribution in [0.3, 0.4) is 0 Å². The lowest BCUT2D eigenvalue weighted by atomic mass is 10.2. The first-order valence-electron chi connectivity index (χ1n) is 5.31. The van der Waals surface area contributed by atoms with E-state index in [-0.39, 0.29) is 11.3 Å². The molecule has 1 aromatic carbocycles. The van der Waals surface area contributed by atoms with Gasteiger partial charge in [0.25, 0.3) is 5.91 Å². The fraction of sp³-hybridized carbons (Fsp3) is 0.0769. The van der Waals surface area contributed by atoms with Crippen LogP contribution in [0, 0.1) is 5.82 Å². The molecule has 0 saturated carbocycles. The van der Waals surface area contributed by atoms with Crippen molar-refractivity contribution in [2.45, 2.75) is 0 Å². The summed E-state index contributed by atoms with van der Waals surface area (Å²) in [6.07, 6.45) is 2.74. The van der Waals surface area contributed by atoms with Gasteiger partial charge in [-0.2, -0.15) is 0 Å². The molecule has 1 heterocycles. The van der Waals surface area contributed by atoms with Crippen molar-refractivity contribution in [3.63, 3.8) is 0 Å². The zero-order chi connectivity index (χ0) is 13.1. The third-order valence-corrected chi connectivity index (χ3v) is 2.57. The fourth-order valence-electron chi connectivity index (χ4n) is 1.60. The zero-order valence-corrected chi connectivity index (χ0v) is 9.68. The molecule has 0 bridgehead atoms. The number of carbonyl (C=O) groups is 1. The van der Waals surface area contributed by atoms with Crippen LogP contribution in [0.15, 0.2) is 47.5 Å². The molecular formula is C13H11FN2O2. The number of pyridine rings is 1. The van der Waals surface area contributed by atoms with Gasteiger partial charge in [0.1, 0.15) is 11.4 Å². The van der Waals surface area contributed by atoms with Gasteiger partial charge in [-0.25, -0.2) is 4.39 Å². The maximum absolute atomic E-state index is 13.5. The van der Waals surface area contributed by atoms with Crippen molar-refractivity contribution in [2.24, 2.45) is 0 Å². The van der Waals surface area contributed by atoms with Crippen molar-refractivity contribution in [1.82, 2.24) is 4.98 Å². The molecular weight excluding hydrogens is 235 g/mol. The number of hydrogen-bond acceptors (Lipinski definition) is 2. The number of hydrogen-bond donors (Lipinski definition) is 1. The smallest absolute Gasteiger partial charge is 0.263 e. The number of aromatic amines is 1. The molecule has 1 N–H and O–H groups in total. The molecule has 0 aliphatic carbocycles. The van der Waals surface area contributed by atoms with Crippen molar-refractivity contribution < 1.29 is 9.18 Å². The van der Waals surface area contributed by atoms with E-state index in [0.29, 0.717) is 0 Å². The number of aromatic nitrogens is 1. The van der Waals surface area contributed by atoms with E-state index in [9.17, 15) is 14.0 Å². The van der Waals surface area contributed by atoms with E-state index in [2.05, 4.69) is 4.98 Å². The molecule has 2 rings (SSSR count). The quantitative estimate of drug-likeness (QED) is 0.878. The van der Waals surface area contributed by atoms with Gasteiger partial charge in [-0.05, 0) is 12.1 Å². The molecule has 18 heavy (non-hydrogen) atoms. The van der Waals surface area contributed by atoms with Crippen LogP contribution in [0.1, 0.15) is 10.4 Å². The van der Waals surface area contributed by atoms with Crippen LogP contribution in [0.2, 0.25) is 0 Å². The predicted octanol–water partition coefficient (Wildman–Crippen LogP) is 1.79. The van der Waals surface area contributed by atoms with Crippen LogP contribution in [0.4, 0.5) is 10.1 Å². The van der Waals surface area contributed by atoms with Gasteiger partial charge in [0.05, 0.1) is 5.69 Å². The molecule has 1 amide bonds. The summed E-state index contributed by atoms with van der Waals surface area (Å²) < 4.78 is 13.5. The number of rotatable bonds is 2. The predicted molar refractivity (Wildman–Crippen MR) is 66.2 cm³/mol. The Morgan fingerprint density at radius 2 is 2.00 bits per heavy atom. The summed E-state index contributed by atoms with van der Waals surface area (Å²) in [5.41, 5.74) is -0.295. The lowest BCUT2D eigenvalue weighted by molar-refractivity contribution is 0.0991. The van der Waals surface area contributed by atoms with Crippen molar-refractivity contribution in [1.29, 1.82) is 0 Å². The van der Waals surface area contributed by atoms with Gasteiger partial charge in [0.2, 0.25) is 0 Å². The van der Waals surface area contributed by atoms with E-state index in [4.69, 9.17) is 0 Å². The van der Waals surface area contributed by atoms with Crippen LogP contribution in [0.25, 0.3) is 0 Å². The Labute approximate surface area is 103 Å². The number of para-hydroxylation sites is 1. The maximum Gasteiger partial charge on any atom is 0.263 e. The van der Waals surface area contributed by atoms with Crippen molar-refractivity contribution >= 4 is 11.6 Å². The summed E-state index contributed by atoms with van der Waals surface area (Å²) in [6.45, 7) is 0. The van der Waals surface area contributed by atoms with Crippen LogP contribution >= 0.6 is 0 Å². The van der Waals surface area contributed by atoms with Gasteiger partial charge in [-0.1, -0.05) is 12.1 Å². The topological polar surface area (TPSA) is 53.2 Å². The highest BCUT2D eigenvalue weighted by molar-refractivity contribution is 6.05. The summed E-state index contributed by atoms with van der Waals surface area (Å²) in [5.74, 6) is -1.07. The molecule has 4 nitrogen and oxygen atoms in total. The van der Waals surface area contributed by atoms with Crippen LogP contribution in [0.5, 0.6) is 0 Å². The van der Waals surface area contributed by atoms with Gasteiger partial charge in [-0.3, -0.25) is 9.59 Å². The van der Waals surface area contributed by atoms with E-state index < -0.39 is 17.2 Å². The van der Waals surface area contributed by atoms with E-state index in [0.717, 1.165) is 4.90 Å². The normalized spacial score (nSPS) is 10.1. The Bertz CT molecular complexity index is 637. The molecule has 2 aromatic rings. The van der Waals surface area contributed by atoms with Gasteiger partial charge in [0.15, 0.2) is 5.43 Å². The minimum absolute atomic E-state index is 0.0248. The minimum Gasteiger partial charge on any atom is -0.367 e. The van der Waals surface area contributed by atoms with E-state index in [1.807, 2.05) is 0 Å². The summed E-state index contributed by atoms with van der Waals surface area (Å²) >= 11 is 0. The van der Waals surface area contributed by atoms with Crippen molar-refractivity contribution in [3.05, 3.63) is 64.3 Å². The number of H-pyrrole nitrogens is 1. The Morgan fingerprint density at radius 1 is 1.28 bits per heavy atom. The highest BCUT2D eigenvalue weighted by Crippen LogP contribution is 2.18. The Kier molecular flexibility index (Phi) is 3.23. The van der Waals surface area contributed by atoms with Gasteiger partial charge in [-0.15, -0.1) is 0 Å². The minimum atomic E-state index is -0.554. The SMILES string of the molecule is CN(C(=O)c1c[nH]ccc1=O)c1ccccc1F. The third kappa shape index (κ3) is 2.15. The largest absolute Gasteiger partial charge is 0.367 e. The molecule has 1 aromatic heterocycles. The lowest BCUT2D eigenvalue weighted by Gasteiger charge is -2.17. The standard InChI is InChI=1S/C13H11FN2O2/c1-16(11-5-3-2-4-10(11)14)13(18)9-8-15-7-6-12(9)17/h2-8H,1H3,(H,15,17).